The summed E-state index contributed by atoms with van der Waals surface area (Å²) in [5.41, 5.74) is 2.19. The number of hydrogen-bond donors (Lipinski definition) is 1. The van der Waals surface area contributed by atoms with Gasteiger partial charge in [0.15, 0.2) is 0 Å². The van der Waals surface area contributed by atoms with Gasteiger partial charge in [-0.3, -0.25) is 9.59 Å². The number of anilines is 1. The number of carbonyl (C=O) groups is 2. The molecule has 1 unspecified atom stereocenters. The second-order valence-electron chi connectivity index (χ2n) is 6.07. The lowest BCUT2D eigenvalue weighted by Crippen LogP contribution is -2.36. The molecule has 6 heteroatoms. The maximum Gasteiger partial charge on any atom is 0.239 e. The van der Waals surface area contributed by atoms with E-state index in [-0.39, 0.29) is 24.2 Å². The third-order valence-electron chi connectivity index (χ3n) is 4.39. The van der Waals surface area contributed by atoms with Crippen molar-refractivity contribution >= 4 is 33.4 Å². The van der Waals surface area contributed by atoms with Crippen LogP contribution in [0.15, 0.2) is 46.9 Å². The SMILES string of the molecule is Cc1ccc(Br)cc1N1CCC(C(=O)NCc2ccccc2F)C1=O. The van der Waals surface area contributed by atoms with E-state index in [2.05, 4.69) is 21.2 Å². The van der Waals surface area contributed by atoms with Crippen molar-refractivity contribution in [2.75, 3.05) is 11.4 Å². The standard InChI is InChI=1S/C19H18BrFN2O2/c1-12-6-7-14(20)10-17(12)23-9-8-15(19(23)25)18(24)22-11-13-4-2-3-5-16(13)21/h2-7,10,15H,8-9,11H2,1H3,(H,22,24). The van der Waals surface area contributed by atoms with Gasteiger partial charge in [0.1, 0.15) is 11.7 Å². The van der Waals surface area contributed by atoms with Crippen molar-refractivity contribution in [2.45, 2.75) is 19.9 Å². The molecule has 1 atom stereocenters. The molecule has 1 saturated heterocycles. The van der Waals surface area contributed by atoms with Gasteiger partial charge in [-0.15, -0.1) is 0 Å². The minimum absolute atomic E-state index is 0.0746. The monoisotopic (exact) mass is 404 g/mol. The molecule has 1 fully saturated rings. The first-order valence-corrected chi connectivity index (χ1v) is 8.85. The van der Waals surface area contributed by atoms with Crippen molar-refractivity contribution in [1.82, 2.24) is 5.32 Å². The lowest BCUT2D eigenvalue weighted by atomic mass is 10.1. The summed E-state index contributed by atoms with van der Waals surface area (Å²) in [5, 5.41) is 2.67. The molecule has 2 aromatic rings. The Balaban J connectivity index is 1.68. The third kappa shape index (κ3) is 3.74. The number of amides is 2. The smallest absolute Gasteiger partial charge is 0.239 e. The number of nitrogens with one attached hydrogen (secondary N) is 1. The van der Waals surface area contributed by atoms with Gasteiger partial charge in [-0.05, 0) is 37.1 Å². The fourth-order valence-electron chi connectivity index (χ4n) is 2.98. The second kappa shape index (κ2) is 7.35. The van der Waals surface area contributed by atoms with E-state index in [1.807, 2.05) is 25.1 Å². The zero-order valence-electron chi connectivity index (χ0n) is 13.8. The van der Waals surface area contributed by atoms with Crippen molar-refractivity contribution in [3.05, 3.63) is 63.9 Å². The van der Waals surface area contributed by atoms with E-state index >= 15 is 0 Å². The van der Waals surface area contributed by atoms with Crippen molar-refractivity contribution in [3.63, 3.8) is 0 Å². The average Bonchev–Trinajstić information content (AvgIpc) is 2.97. The number of halogens is 2. The van der Waals surface area contributed by atoms with Crippen molar-refractivity contribution in [2.24, 2.45) is 5.92 Å². The van der Waals surface area contributed by atoms with Crippen LogP contribution in [0.5, 0.6) is 0 Å². The van der Waals surface area contributed by atoms with Crippen molar-refractivity contribution in [3.8, 4) is 0 Å². The molecule has 2 aromatic carbocycles. The molecule has 2 amide bonds. The van der Waals surface area contributed by atoms with Crippen LogP contribution in [-0.2, 0) is 16.1 Å². The van der Waals surface area contributed by atoms with Gasteiger partial charge in [0.25, 0.3) is 0 Å². The van der Waals surface area contributed by atoms with Crippen LogP contribution >= 0.6 is 15.9 Å². The summed E-state index contributed by atoms with van der Waals surface area (Å²) in [6, 6.07) is 12.0. The van der Waals surface area contributed by atoms with E-state index in [9.17, 15) is 14.0 Å². The number of nitrogens with zero attached hydrogens (tertiary/aromatic N) is 1. The second-order valence-corrected chi connectivity index (χ2v) is 6.99. The lowest BCUT2D eigenvalue weighted by Gasteiger charge is -2.19. The van der Waals surface area contributed by atoms with Crippen LogP contribution in [0.3, 0.4) is 0 Å². The normalized spacial score (nSPS) is 17.0. The van der Waals surface area contributed by atoms with Gasteiger partial charge >= 0.3 is 0 Å². The van der Waals surface area contributed by atoms with Gasteiger partial charge in [0.2, 0.25) is 11.8 Å². The van der Waals surface area contributed by atoms with Crippen LogP contribution in [0.4, 0.5) is 10.1 Å². The Labute approximate surface area is 154 Å². The summed E-state index contributed by atoms with van der Waals surface area (Å²) in [6.07, 6.45) is 0.452. The van der Waals surface area contributed by atoms with E-state index in [0.29, 0.717) is 18.5 Å². The molecule has 25 heavy (non-hydrogen) atoms. The van der Waals surface area contributed by atoms with Crippen LogP contribution in [-0.4, -0.2) is 18.4 Å². The Morgan fingerprint density at radius 2 is 2.08 bits per heavy atom. The fraction of sp³-hybridized carbons (Fsp3) is 0.263. The van der Waals surface area contributed by atoms with E-state index in [0.717, 1.165) is 15.7 Å². The highest BCUT2D eigenvalue weighted by Gasteiger charge is 2.38. The molecule has 0 spiro atoms. The molecule has 1 heterocycles. The Morgan fingerprint density at radius 3 is 2.84 bits per heavy atom. The molecule has 0 radical (unpaired) electrons. The molecular formula is C19H18BrFN2O2. The first kappa shape index (κ1) is 17.6. The Morgan fingerprint density at radius 1 is 1.32 bits per heavy atom. The molecule has 1 aliphatic heterocycles. The molecule has 0 saturated carbocycles. The minimum Gasteiger partial charge on any atom is -0.351 e. The van der Waals surface area contributed by atoms with Crippen LogP contribution in [0.2, 0.25) is 0 Å². The Kier molecular flexibility index (Phi) is 5.18. The molecule has 1 aliphatic rings. The first-order chi connectivity index (χ1) is 12.0. The van der Waals surface area contributed by atoms with Crippen LogP contribution in [0.25, 0.3) is 0 Å². The van der Waals surface area contributed by atoms with E-state index in [1.165, 1.54) is 6.07 Å². The predicted molar refractivity (Wildman–Crippen MR) is 97.6 cm³/mol. The topological polar surface area (TPSA) is 49.4 Å². The minimum atomic E-state index is -0.731. The number of carbonyl (C=O) groups excluding carboxylic acids is 2. The Bertz CT molecular complexity index is 825. The molecule has 1 N–H and O–H groups in total. The molecule has 0 aromatic heterocycles. The quantitative estimate of drug-likeness (QED) is 0.791. The molecule has 3 rings (SSSR count). The highest BCUT2D eigenvalue weighted by molar-refractivity contribution is 9.10. The average molecular weight is 405 g/mol. The van der Waals surface area contributed by atoms with Gasteiger partial charge in [0.05, 0.1) is 0 Å². The summed E-state index contributed by atoms with van der Waals surface area (Å²) in [4.78, 5) is 26.7. The largest absolute Gasteiger partial charge is 0.351 e. The van der Waals surface area contributed by atoms with E-state index < -0.39 is 5.92 Å². The van der Waals surface area contributed by atoms with E-state index in [1.54, 1.807) is 23.1 Å². The molecule has 4 nitrogen and oxygen atoms in total. The van der Waals surface area contributed by atoms with Gasteiger partial charge in [-0.1, -0.05) is 40.2 Å². The van der Waals surface area contributed by atoms with Crippen molar-refractivity contribution in [1.29, 1.82) is 0 Å². The fourth-order valence-corrected chi connectivity index (χ4v) is 3.33. The summed E-state index contributed by atoms with van der Waals surface area (Å²) in [6.45, 7) is 2.50. The number of rotatable bonds is 4. The van der Waals surface area contributed by atoms with Crippen LogP contribution in [0.1, 0.15) is 17.5 Å². The maximum absolute atomic E-state index is 13.6. The predicted octanol–water partition coefficient (Wildman–Crippen LogP) is 3.57. The van der Waals surface area contributed by atoms with Gasteiger partial charge in [-0.25, -0.2) is 4.39 Å². The zero-order chi connectivity index (χ0) is 18.0. The van der Waals surface area contributed by atoms with Crippen molar-refractivity contribution < 1.29 is 14.0 Å². The zero-order valence-corrected chi connectivity index (χ0v) is 15.3. The molecule has 130 valence electrons. The molecular weight excluding hydrogens is 387 g/mol. The molecule has 0 bridgehead atoms. The number of aryl methyl sites for hydroxylation is 1. The van der Waals surface area contributed by atoms with Crippen LogP contribution in [0, 0.1) is 18.7 Å². The van der Waals surface area contributed by atoms with E-state index in [4.69, 9.17) is 0 Å². The summed E-state index contributed by atoms with van der Waals surface area (Å²) >= 11 is 3.41. The first-order valence-electron chi connectivity index (χ1n) is 8.06. The number of hydrogen-bond acceptors (Lipinski definition) is 2. The van der Waals surface area contributed by atoms with Crippen LogP contribution < -0.4 is 10.2 Å². The highest BCUT2D eigenvalue weighted by Crippen LogP contribution is 2.30. The Hall–Kier alpha value is -2.21. The van der Waals surface area contributed by atoms with Gasteiger partial charge < -0.3 is 10.2 Å². The summed E-state index contributed by atoms with van der Waals surface area (Å²) < 4.78 is 14.5. The maximum atomic E-state index is 13.6. The summed E-state index contributed by atoms with van der Waals surface area (Å²) in [7, 11) is 0. The molecule has 0 aliphatic carbocycles. The lowest BCUT2D eigenvalue weighted by molar-refractivity contribution is -0.132. The third-order valence-corrected chi connectivity index (χ3v) is 4.89. The van der Waals surface area contributed by atoms with Gasteiger partial charge in [-0.2, -0.15) is 0 Å². The highest BCUT2D eigenvalue weighted by atomic mass is 79.9. The summed E-state index contributed by atoms with van der Waals surface area (Å²) in [5.74, 6) is -1.67. The van der Waals surface area contributed by atoms with Gasteiger partial charge in [0, 0.05) is 28.8 Å². The number of benzene rings is 2.